The number of benzene rings is 1. The summed E-state index contributed by atoms with van der Waals surface area (Å²) in [5, 5.41) is 3.43. The van der Waals surface area contributed by atoms with Crippen LogP contribution in [0.15, 0.2) is 30.6 Å². The van der Waals surface area contributed by atoms with Crippen LogP contribution in [0.4, 0.5) is 11.5 Å². The number of hydrogen-bond donors (Lipinski definition) is 2. The van der Waals surface area contributed by atoms with Gasteiger partial charge >= 0.3 is 0 Å². The van der Waals surface area contributed by atoms with Crippen LogP contribution in [-0.4, -0.2) is 9.97 Å². The molecule has 1 heterocycles. The van der Waals surface area contributed by atoms with Gasteiger partial charge < -0.3 is 11.1 Å². The third-order valence-corrected chi connectivity index (χ3v) is 3.88. The minimum Gasteiger partial charge on any atom is -0.398 e. The average Bonchev–Trinajstić information content (AvgIpc) is 2.72. The summed E-state index contributed by atoms with van der Waals surface area (Å²) in [5.74, 6) is 0.972. The van der Waals surface area contributed by atoms with Gasteiger partial charge in [0.25, 0.3) is 0 Å². The summed E-state index contributed by atoms with van der Waals surface area (Å²) in [7, 11) is 0. The van der Waals surface area contributed by atoms with E-state index in [9.17, 15) is 0 Å². The lowest BCUT2D eigenvalue weighted by atomic mass is 10.1. The van der Waals surface area contributed by atoms with Crippen LogP contribution in [0.2, 0.25) is 0 Å². The SMILES string of the molecule is Nc1ccccc1CNc1ncnc2c1CCCCC2. The summed E-state index contributed by atoms with van der Waals surface area (Å²) < 4.78 is 0. The topological polar surface area (TPSA) is 63.8 Å². The minimum atomic E-state index is 0.704. The van der Waals surface area contributed by atoms with Gasteiger partial charge in [-0.2, -0.15) is 0 Å². The third-order valence-electron chi connectivity index (χ3n) is 3.88. The standard InChI is InChI=1S/C16H20N4/c17-14-8-5-4-6-12(14)10-18-16-13-7-2-1-3-9-15(13)19-11-20-16/h4-6,8,11H,1-3,7,9-10,17H2,(H,18,19,20). The van der Waals surface area contributed by atoms with E-state index in [1.54, 1.807) is 6.33 Å². The molecule has 0 saturated heterocycles. The van der Waals surface area contributed by atoms with Gasteiger partial charge in [0.15, 0.2) is 0 Å². The highest BCUT2D eigenvalue weighted by Gasteiger charge is 2.14. The molecule has 104 valence electrons. The van der Waals surface area contributed by atoms with E-state index in [-0.39, 0.29) is 0 Å². The summed E-state index contributed by atoms with van der Waals surface area (Å²) in [6.07, 6.45) is 7.54. The third kappa shape index (κ3) is 2.74. The second-order valence-electron chi connectivity index (χ2n) is 5.26. The number of aryl methyl sites for hydroxylation is 1. The Hall–Kier alpha value is -2.10. The number of nitrogens with two attached hydrogens (primary N) is 1. The van der Waals surface area contributed by atoms with E-state index >= 15 is 0 Å². The lowest BCUT2D eigenvalue weighted by molar-refractivity contribution is 0.709. The van der Waals surface area contributed by atoms with Gasteiger partial charge in [0.2, 0.25) is 0 Å². The normalized spacial score (nSPS) is 14.4. The van der Waals surface area contributed by atoms with E-state index in [1.807, 2.05) is 24.3 Å². The number of fused-ring (bicyclic) bond motifs is 1. The van der Waals surface area contributed by atoms with Crippen molar-refractivity contribution in [1.29, 1.82) is 0 Å². The zero-order chi connectivity index (χ0) is 13.8. The molecule has 2 aromatic rings. The van der Waals surface area contributed by atoms with Crippen molar-refractivity contribution in [3.63, 3.8) is 0 Å². The summed E-state index contributed by atoms with van der Waals surface area (Å²) in [4.78, 5) is 8.85. The van der Waals surface area contributed by atoms with Crippen LogP contribution in [0, 0.1) is 0 Å². The molecule has 4 nitrogen and oxygen atoms in total. The fourth-order valence-corrected chi connectivity index (χ4v) is 2.72. The van der Waals surface area contributed by atoms with Gasteiger partial charge in [0, 0.05) is 23.5 Å². The molecule has 1 aliphatic rings. The van der Waals surface area contributed by atoms with Gasteiger partial charge in [-0.1, -0.05) is 24.6 Å². The first-order chi connectivity index (χ1) is 9.84. The summed E-state index contributed by atoms with van der Waals surface area (Å²) >= 11 is 0. The van der Waals surface area contributed by atoms with Crippen LogP contribution >= 0.6 is 0 Å². The van der Waals surface area contributed by atoms with Gasteiger partial charge in [-0.25, -0.2) is 9.97 Å². The molecule has 0 radical (unpaired) electrons. The van der Waals surface area contributed by atoms with Crippen molar-refractivity contribution in [3.05, 3.63) is 47.4 Å². The number of anilines is 2. The van der Waals surface area contributed by atoms with Crippen molar-refractivity contribution in [2.75, 3.05) is 11.1 Å². The maximum Gasteiger partial charge on any atom is 0.133 e. The largest absolute Gasteiger partial charge is 0.398 e. The maximum atomic E-state index is 5.97. The van der Waals surface area contributed by atoms with Crippen LogP contribution < -0.4 is 11.1 Å². The molecule has 0 atom stereocenters. The second-order valence-corrected chi connectivity index (χ2v) is 5.26. The predicted molar refractivity (Wildman–Crippen MR) is 81.5 cm³/mol. The van der Waals surface area contributed by atoms with Crippen LogP contribution in [0.25, 0.3) is 0 Å². The quantitative estimate of drug-likeness (QED) is 0.663. The number of aromatic nitrogens is 2. The molecule has 0 fully saturated rings. The van der Waals surface area contributed by atoms with E-state index in [2.05, 4.69) is 15.3 Å². The Labute approximate surface area is 119 Å². The van der Waals surface area contributed by atoms with Crippen molar-refractivity contribution in [1.82, 2.24) is 9.97 Å². The molecule has 1 aromatic heterocycles. The lowest BCUT2D eigenvalue weighted by Crippen LogP contribution is -2.09. The zero-order valence-electron chi connectivity index (χ0n) is 11.6. The van der Waals surface area contributed by atoms with E-state index < -0.39 is 0 Å². The molecule has 0 bridgehead atoms. The molecule has 3 rings (SSSR count). The summed E-state index contributed by atoms with van der Waals surface area (Å²) in [5.41, 5.74) is 10.4. The molecule has 0 aliphatic heterocycles. The number of nitrogen functional groups attached to an aromatic ring is 1. The molecule has 1 aliphatic carbocycles. The number of nitrogens with zero attached hydrogens (tertiary/aromatic N) is 2. The minimum absolute atomic E-state index is 0.704. The first-order valence-electron chi connectivity index (χ1n) is 7.24. The first kappa shape index (κ1) is 12.9. The average molecular weight is 268 g/mol. The number of para-hydroxylation sites is 1. The van der Waals surface area contributed by atoms with Crippen molar-refractivity contribution in [3.8, 4) is 0 Å². The van der Waals surface area contributed by atoms with Gasteiger partial charge in [0.1, 0.15) is 12.1 Å². The van der Waals surface area contributed by atoms with Crippen molar-refractivity contribution in [2.45, 2.75) is 38.6 Å². The maximum absolute atomic E-state index is 5.97. The van der Waals surface area contributed by atoms with Crippen LogP contribution in [-0.2, 0) is 19.4 Å². The van der Waals surface area contributed by atoms with Gasteiger partial charge in [-0.15, -0.1) is 0 Å². The highest BCUT2D eigenvalue weighted by atomic mass is 15.0. The fraction of sp³-hybridized carbons (Fsp3) is 0.375. The summed E-state index contributed by atoms with van der Waals surface area (Å²) in [6, 6.07) is 7.93. The molecular formula is C16H20N4. The van der Waals surface area contributed by atoms with E-state index in [1.165, 1.54) is 30.5 Å². The van der Waals surface area contributed by atoms with Gasteiger partial charge in [0.05, 0.1) is 0 Å². The Morgan fingerprint density at radius 1 is 1.05 bits per heavy atom. The molecule has 0 unspecified atom stereocenters. The smallest absolute Gasteiger partial charge is 0.133 e. The second kappa shape index (κ2) is 5.90. The van der Waals surface area contributed by atoms with E-state index in [0.29, 0.717) is 6.54 Å². The highest BCUT2D eigenvalue weighted by Crippen LogP contribution is 2.24. The number of hydrogen-bond acceptors (Lipinski definition) is 4. The fourth-order valence-electron chi connectivity index (χ4n) is 2.72. The zero-order valence-corrected chi connectivity index (χ0v) is 11.6. The Kier molecular flexibility index (Phi) is 3.81. The van der Waals surface area contributed by atoms with E-state index in [0.717, 1.165) is 29.9 Å². The van der Waals surface area contributed by atoms with Crippen LogP contribution in [0.3, 0.4) is 0 Å². The first-order valence-corrected chi connectivity index (χ1v) is 7.24. The van der Waals surface area contributed by atoms with Crippen LogP contribution in [0.1, 0.15) is 36.1 Å². The molecule has 1 aromatic carbocycles. The molecule has 20 heavy (non-hydrogen) atoms. The van der Waals surface area contributed by atoms with Crippen LogP contribution in [0.5, 0.6) is 0 Å². The highest BCUT2D eigenvalue weighted by molar-refractivity contribution is 5.51. The van der Waals surface area contributed by atoms with Gasteiger partial charge in [-0.3, -0.25) is 0 Å². The van der Waals surface area contributed by atoms with Gasteiger partial charge in [-0.05, 0) is 37.3 Å². The number of rotatable bonds is 3. The molecule has 0 saturated carbocycles. The Balaban J connectivity index is 1.80. The number of nitrogens with one attached hydrogen (secondary N) is 1. The summed E-state index contributed by atoms with van der Waals surface area (Å²) in [6.45, 7) is 0.704. The monoisotopic (exact) mass is 268 g/mol. The van der Waals surface area contributed by atoms with Crippen molar-refractivity contribution < 1.29 is 0 Å². The van der Waals surface area contributed by atoms with Crippen molar-refractivity contribution >= 4 is 11.5 Å². The Bertz CT molecular complexity index is 595. The molecule has 3 N–H and O–H groups in total. The molecule has 0 amide bonds. The van der Waals surface area contributed by atoms with E-state index in [4.69, 9.17) is 5.73 Å². The van der Waals surface area contributed by atoms with Crippen molar-refractivity contribution in [2.24, 2.45) is 0 Å². The molecular weight excluding hydrogens is 248 g/mol. The Morgan fingerprint density at radius 3 is 2.80 bits per heavy atom. The molecule has 4 heteroatoms. The predicted octanol–water partition coefficient (Wildman–Crippen LogP) is 2.94. The Morgan fingerprint density at radius 2 is 1.90 bits per heavy atom. The lowest BCUT2D eigenvalue weighted by Gasteiger charge is -2.13. The molecule has 0 spiro atoms.